The van der Waals surface area contributed by atoms with Gasteiger partial charge in [0, 0.05) is 34.8 Å². The van der Waals surface area contributed by atoms with Crippen LogP contribution in [-0.4, -0.2) is 33.6 Å². The van der Waals surface area contributed by atoms with Crippen molar-refractivity contribution in [1.29, 1.82) is 0 Å². The second kappa shape index (κ2) is 10.2. The molecule has 0 bridgehead atoms. The first-order valence-corrected chi connectivity index (χ1v) is 9.52. The number of benzene rings is 2. The lowest BCUT2D eigenvalue weighted by molar-refractivity contribution is -0.384. The van der Waals surface area contributed by atoms with Crippen molar-refractivity contribution in [2.45, 2.75) is 24.7 Å². The molecule has 0 aliphatic heterocycles. The van der Waals surface area contributed by atoms with E-state index < -0.39 is 10.9 Å². The van der Waals surface area contributed by atoms with E-state index >= 15 is 0 Å². The lowest BCUT2D eigenvalue weighted by Crippen LogP contribution is -2.15. The van der Waals surface area contributed by atoms with Crippen molar-refractivity contribution in [2.75, 3.05) is 16.4 Å². The van der Waals surface area contributed by atoms with E-state index in [1.165, 1.54) is 30.0 Å². The highest BCUT2D eigenvalue weighted by Gasteiger charge is 2.11. The number of non-ortho nitro benzene ring substituents is 1. The average molecular weight is 417 g/mol. The lowest BCUT2D eigenvalue weighted by Gasteiger charge is -2.09. The maximum absolute atomic E-state index is 12.1. The number of amides is 2. The van der Waals surface area contributed by atoms with Gasteiger partial charge in [-0.3, -0.25) is 24.5 Å². The predicted molar refractivity (Wildman–Crippen MR) is 109 cm³/mol. The van der Waals surface area contributed by atoms with Gasteiger partial charge in [0.1, 0.15) is 0 Å². The van der Waals surface area contributed by atoms with Crippen molar-refractivity contribution in [2.24, 2.45) is 0 Å². The number of anilines is 2. The molecule has 10 heteroatoms. The van der Waals surface area contributed by atoms with Crippen molar-refractivity contribution in [3.63, 3.8) is 0 Å². The van der Waals surface area contributed by atoms with Crippen LogP contribution in [0.25, 0.3) is 0 Å². The topological polar surface area (TPSA) is 139 Å². The van der Waals surface area contributed by atoms with E-state index in [4.69, 9.17) is 5.11 Å². The maximum Gasteiger partial charge on any atom is 0.303 e. The standard InChI is InChI=1S/C19H19N3O6S/c1-12-10-14(22(27)28)4-7-16(12)21-18(24)11-29-15-5-2-13(3-6-15)20-17(23)8-9-19(25)26/h2-7,10H,8-9,11H2,1H3,(H,20,23)(H,21,24)(H,25,26). The molecule has 0 atom stereocenters. The number of hydrogen-bond donors (Lipinski definition) is 3. The third kappa shape index (κ3) is 7.26. The molecule has 152 valence electrons. The summed E-state index contributed by atoms with van der Waals surface area (Å²) < 4.78 is 0. The van der Waals surface area contributed by atoms with Gasteiger partial charge in [0.25, 0.3) is 5.69 Å². The molecule has 2 amide bonds. The summed E-state index contributed by atoms with van der Waals surface area (Å²) in [5.74, 6) is -1.53. The Morgan fingerprint density at radius 3 is 2.31 bits per heavy atom. The molecule has 0 aromatic heterocycles. The fourth-order valence-electron chi connectivity index (χ4n) is 2.32. The van der Waals surface area contributed by atoms with Gasteiger partial charge in [-0.1, -0.05) is 0 Å². The Balaban J connectivity index is 1.83. The first kappa shape index (κ1) is 21.9. The summed E-state index contributed by atoms with van der Waals surface area (Å²) in [6.07, 6.45) is -0.336. The molecule has 0 unspecified atom stereocenters. The van der Waals surface area contributed by atoms with E-state index in [9.17, 15) is 24.5 Å². The third-order valence-electron chi connectivity index (χ3n) is 3.77. The molecule has 0 aliphatic carbocycles. The number of carbonyl (C=O) groups is 3. The first-order valence-electron chi connectivity index (χ1n) is 8.54. The van der Waals surface area contributed by atoms with Gasteiger partial charge in [-0.15, -0.1) is 11.8 Å². The van der Waals surface area contributed by atoms with Crippen LogP contribution in [0.3, 0.4) is 0 Å². The van der Waals surface area contributed by atoms with Gasteiger partial charge >= 0.3 is 5.97 Å². The van der Waals surface area contributed by atoms with E-state index in [1.54, 1.807) is 31.2 Å². The zero-order chi connectivity index (χ0) is 21.4. The van der Waals surface area contributed by atoms with Crippen LogP contribution < -0.4 is 10.6 Å². The molecule has 0 radical (unpaired) electrons. The monoisotopic (exact) mass is 417 g/mol. The van der Waals surface area contributed by atoms with Crippen molar-refractivity contribution in [1.82, 2.24) is 0 Å². The molecule has 9 nitrogen and oxygen atoms in total. The molecule has 2 rings (SSSR count). The predicted octanol–water partition coefficient (Wildman–Crippen LogP) is 3.44. The molecule has 0 aliphatic rings. The molecule has 2 aromatic carbocycles. The van der Waals surface area contributed by atoms with Gasteiger partial charge in [-0.05, 0) is 42.8 Å². The molecular weight excluding hydrogens is 398 g/mol. The van der Waals surface area contributed by atoms with E-state index in [0.29, 0.717) is 16.9 Å². The summed E-state index contributed by atoms with van der Waals surface area (Å²) in [5.41, 5.74) is 1.61. The van der Waals surface area contributed by atoms with Crippen LogP contribution in [0.1, 0.15) is 18.4 Å². The fraction of sp³-hybridized carbons (Fsp3) is 0.211. The van der Waals surface area contributed by atoms with Crippen LogP contribution in [0.2, 0.25) is 0 Å². The molecule has 0 saturated heterocycles. The first-order chi connectivity index (χ1) is 13.7. The van der Waals surface area contributed by atoms with Crippen molar-refractivity contribution < 1.29 is 24.4 Å². The second-order valence-electron chi connectivity index (χ2n) is 6.06. The number of nitro groups is 1. The summed E-state index contributed by atoms with van der Waals surface area (Å²) in [4.78, 5) is 45.3. The molecule has 3 N–H and O–H groups in total. The maximum atomic E-state index is 12.1. The van der Waals surface area contributed by atoms with Crippen LogP contribution in [-0.2, 0) is 14.4 Å². The highest BCUT2D eigenvalue weighted by molar-refractivity contribution is 8.00. The van der Waals surface area contributed by atoms with Crippen molar-refractivity contribution >= 4 is 46.6 Å². The molecule has 0 spiro atoms. The van der Waals surface area contributed by atoms with Crippen LogP contribution >= 0.6 is 11.8 Å². The fourth-order valence-corrected chi connectivity index (χ4v) is 3.01. The van der Waals surface area contributed by atoms with Crippen LogP contribution in [0, 0.1) is 17.0 Å². The van der Waals surface area contributed by atoms with E-state index in [1.807, 2.05) is 0 Å². The molecular formula is C19H19N3O6S. The Kier molecular flexibility index (Phi) is 7.72. The highest BCUT2D eigenvalue weighted by Crippen LogP contribution is 2.23. The number of nitrogens with zero attached hydrogens (tertiary/aromatic N) is 1. The Morgan fingerprint density at radius 2 is 1.72 bits per heavy atom. The number of carbonyl (C=O) groups excluding carboxylic acids is 2. The molecule has 0 heterocycles. The minimum atomic E-state index is -1.03. The largest absolute Gasteiger partial charge is 0.481 e. The number of thioether (sulfide) groups is 1. The minimum Gasteiger partial charge on any atom is -0.481 e. The molecule has 29 heavy (non-hydrogen) atoms. The zero-order valence-electron chi connectivity index (χ0n) is 15.5. The van der Waals surface area contributed by atoms with Crippen LogP contribution in [0.4, 0.5) is 17.1 Å². The van der Waals surface area contributed by atoms with Gasteiger partial charge in [0.05, 0.1) is 17.1 Å². The summed E-state index contributed by atoms with van der Waals surface area (Å²) >= 11 is 1.29. The molecule has 0 fully saturated rings. The number of nitro benzene ring substituents is 1. The van der Waals surface area contributed by atoms with Gasteiger partial charge in [0.2, 0.25) is 11.8 Å². The number of hydrogen-bond acceptors (Lipinski definition) is 6. The zero-order valence-corrected chi connectivity index (χ0v) is 16.3. The third-order valence-corrected chi connectivity index (χ3v) is 4.78. The quantitative estimate of drug-likeness (QED) is 0.323. The number of rotatable bonds is 9. The summed E-state index contributed by atoms with van der Waals surface area (Å²) in [6.45, 7) is 1.68. The Hall–Kier alpha value is -3.40. The average Bonchev–Trinajstić information content (AvgIpc) is 2.67. The van der Waals surface area contributed by atoms with Gasteiger partial charge in [-0.2, -0.15) is 0 Å². The number of nitrogens with one attached hydrogen (secondary N) is 2. The number of carboxylic acid groups (broad SMARTS) is 1. The Morgan fingerprint density at radius 1 is 1.03 bits per heavy atom. The van der Waals surface area contributed by atoms with E-state index in [-0.39, 0.29) is 36.1 Å². The van der Waals surface area contributed by atoms with Crippen LogP contribution in [0.15, 0.2) is 47.4 Å². The van der Waals surface area contributed by atoms with Crippen molar-refractivity contribution in [3.8, 4) is 0 Å². The second-order valence-corrected chi connectivity index (χ2v) is 7.11. The highest BCUT2D eigenvalue weighted by atomic mass is 32.2. The number of carboxylic acids is 1. The normalized spacial score (nSPS) is 10.2. The Labute approximate surface area is 170 Å². The number of aryl methyl sites for hydroxylation is 1. The molecule has 2 aromatic rings. The van der Waals surface area contributed by atoms with Gasteiger partial charge in [0.15, 0.2) is 0 Å². The summed E-state index contributed by atoms with van der Waals surface area (Å²) in [7, 11) is 0. The van der Waals surface area contributed by atoms with E-state index in [2.05, 4.69) is 10.6 Å². The summed E-state index contributed by atoms with van der Waals surface area (Å²) in [6, 6.07) is 11.0. The minimum absolute atomic E-state index is 0.0370. The summed E-state index contributed by atoms with van der Waals surface area (Å²) in [5, 5.41) is 24.6. The number of aliphatic carboxylic acids is 1. The Bertz CT molecular complexity index is 930. The van der Waals surface area contributed by atoms with Gasteiger partial charge < -0.3 is 15.7 Å². The van der Waals surface area contributed by atoms with Gasteiger partial charge in [-0.25, -0.2) is 0 Å². The molecule has 0 saturated carbocycles. The van der Waals surface area contributed by atoms with Crippen LogP contribution in [0.5, 0.6) is 0 Å². The van der Waals surface area contributed by atoms with E-state index in [0.717, 1.165) is 4.90 Å². The lowest BCUT2D eigenvalue weighted by atomic mass is 10.2. The van der Waals surface area contributed by atoms with Crippen molar-refractivity contribution in [3.05, 3.63) is 58.1 Å². The SMILES string of the molecule is Cc1cc([N+](=O)[O-])ccc1NC(=O)CSc1ccc(NC(=O)CCC(=O)O)cc1. The smallest absolute Gasteiger partial charge is 0.303 e.